The zero-order valence-electron chi connectivity index (χ0n) is 15.6. The quantitative estimate of drug-likeness (QED) is 0.861. The molecule has 1 N–H and O–H groups in total. The minimum atomic E-state index is -0.0724. The van der Waals surface area contributed by atoms with Crippen molar-refractivity contribution in [3.05, 3.63) is 59.9 Å². The fourth-order valence-electron chi connectivity index (χ4n) is 3.86. The zero-order chi connectivity index (χ0) is 18.4. The van der Waals surface area contributed by atoms with Crippen LogP contribution in [0.25, 0.3) is 0 Å². The summed E-state index contributed by atoms with van der Waals surface area (Å²) in [5.41, 5.74) is 2.03. The Morgan fingerprint density at radius 1 is 1.19 bits per heavy atom. The third kappa shape index (κ3) is 3.98. The molecule has 0 spiro atoms. The van der Waals surface area contributed by atoms with E-state index in [4.69, 9.17) is 4.74 Å². The fourth-order valence-corrected chi connectivity index (χ4v) is 3.86. The maximum atomic E-state index is 12.6. The van der Waals surface area contributed by atoms with Gasteiger partial charge < -0.3 is 15.0 Å². The van der Waals surface area contributed by atoms with E-state index in [1.54, 1.807) is 25.3 Å². The smallest absolute Gasteiger partial charge is 0.317 e. The highest BCUT2D eigenvalue weighted by atomic mass is 16.5. The summed E-state index contributed by atoms with van der Waals surface area (Å²) >= 11 is 0. The lowest BCUT2D eigenvalue weighted by Crippen LogP contribution is -2.44. The highest BCUT2D eigenvalue weighted by molar-refractivity contribution is 5.74. The number of ether oxygens (including phenoxy) is 1. The molecular weight excluding hydrogens is 326 g/mol. The second-order valence-electron chi connectivity index (χ2n) is 7.02. The predicted octanol–water partition coefficient (Wildman–Crippen LogP) is 3.74. The monoisotopic (exact) mass is 353 g/mol. The Morgan fingerprint density at radius 2 is 1.92 bits per heavy atom. The first kappa shape index (κ1) is 18.2. The van der Waals surface area contributed by atoms with E-state index in [9.17, 15) is 4.79 Å². The minimum absolute atomic E-state index is 0.0475. The summed E-state index contributed by atoms with van der Waals surface area (Å²) in [5.74, 6) is 0.908. The van der Waals surface area contributed by atoms with Crippen molar-refractivity contribution in [1.82, 2.24) is 15.2 Å². The molecule has 2 amide bonds. The number of urea groups is 1. The Balaban J connectivity index is 1.68. The van der Waals surface area contributed by atoms with Crippen LogP contribution in [0.3, 0.4) is 0 Å². The van der Waals surface area contributed by atoms with Crippen molar-refractivity contribution in [2.24, 2.45) is 0 Å². The molecule has 5 nitrogen and oxygen atoms in total. The topological polar surface area (TPSA) is 54.5 Å². The first-order valence-electron chi connectivity index (χ1n) is 9.17. The Kier molecular flexibility index (Phi) is 5.76. The van der Waals surface area contributed by atoms with Crippen LogP contribution in [0.5, 0.6) is 5.75 Å². The molecule has 1 aromatic carbocycles. The van der Waals surface area contributed by atoms with Crippen LogP contribution in [0, 0.1) is 0 Å². The number of aromatic nitrogens is 1. The summed E-state index contributed by atoms with van der Waals surface area (Å²) in [6.45, 7) is 1.12. The summed E-state index contributed by atoms with van der Waals surface area (Å²) < 4.78 is 5.58. The average Bonchev–Trinajstić information content (AvgIpc) is 3.17. The van der Waals surface area contributed by atoms with Crippen LogP contribution in [0.2, 0.25) is 0 Å². The number of rotatable bonds is 6. The van der Waals surface area contributed by atoms with E-state index >= 15 is 0 Å². The Morgan fingerprint density at radius 3 is 2.62 bits per heavy atom. The van der Waals surface area contributed by atoms with Crippen LogP contribution in [0.1, 0.15) is 36.9 Å². The van der Waals surface area contributed by atoms with Gasteiger partial charge in [-0.05, 0) is 31.0 Å². The Bertz CT molecular complexity index is 727. The van der Waals surface area contributed by atoms with Crippen LogP contribution in [-0.4, -0.2) is 36.6 Å². The van der Waals surface area contributed by atoms with Gasteiger partial charge in [0.05, 0.1) is 19.3 Å². The number of nitrogens with one attached hydrogen (secondary N) is 1. The first-order chi connectivity index (χ1) is 12.6. The standard InChI is InChI=1S/C21H27N3O2/c1-24(15-17-9-5-8-14-22-17)20(25)23-16-21(12-6-7-13-21)18-10-3-4-11-19(18)26-2/h3-5,8-11,14H,6-7,12-13,15-16H2,1-2H3,(H,23,25). The van der Waals surface area contributed by atoms with E-state index in [0.717, 1.165) is 24.3 Å². The predicted molar refractivity (Wildman–Crippen MR) is 102 cm³/mol. The van der Waals surface area contributed by atoms with Gasteiger partial charge in [-0.3, -0.25) is 4.98 Å². The molecule has 1 fully saturated rings. The van der Waals surface area contributed by atoms with Crippen LogP contribution in [0.15, 0.2) is 48.7 Å². The molecule has 2 aromatic rings. The van der Waals surface area contributed by atoms with Crippen molar-refractivity contribution in [1.29, 1.82) is 0 Å². The van der Waals surface area contributed by atoms with Crippen molar-refractivity contribution in [3.63, 3.8) is 0 Å². The number of amides is 2. The van der Waals surface area contributed by atoms with Crippen LogP contribution >= 0.6 is 0 Å². The second kappa shape index (κ2) is 8.21. The lowest BCUT2D eigenvalue weighted by molar-refractivity contribution is 0.202. The summed E-state index contributed by atoms with van der Waals surface area (Å²) in [4.78, 5) is 18.5. The van der Waals surface area contributed by atoms with E-state index in [1.165, 1.54) is 18.4 Å². The van der Waals surface area contributed by atoms with Gasteiger partial charge in [-0.15, -0.1) is 0 Å². The van der Waals surface area contributed by atoms with Gasteiger partial charge in [0.25, 0.3) is 0 Å². The lowest BCUT2D eigenvalue weighted by Gasteiger charge is -2.32. The largest absolute Gasteiger partial charge is 0.496 e. The van der Waals surface area contributed by atoms with Gasteiger partial charge in [-0.2, -0.15) is 0 Å². The van der Waals surface area contributed by atoms with Gasteiger partial charge >= 0.3 is 6.03 Å². The van der Waals surface area contributed by atoms with Crippen molar-refractivity contribution < 1.29 is 9.53 Å². The first-order valence-corrected chi connectivity index (χ1v) is 9.17. The van der Waals surface area contributed by atoms with Gasteiger partial charge in [0.15, 0.2) is 0 Å². The van der Waals surface area contributed by atoms with Gasteiger partial charge in [0, 0.05) is 30.8 Å². The van der Waals surface area contributed by atoms with E-state index in [2.05, 4.69) is 16.4 Å². The summed E-state index contributed by atoms with van der Waals surface area (Å²) in [6, 6.07) is 13.8. The maximum absolute atomic E-state index is 12.6. The molecule has 0 saturated heterocycles. The van der Waals surface area contributed by atoms with Crippen molar-refractivity contribution in [3.8, 4) is 5.75 Å². The van der Waals surface area contributed by atoms with Gasteiger partial charge in [-0.1, -0.05) is 37.1 Å². The van der Waals surface area contributed by atoms with Crippen molar-refractivity contribution in [2.45, 2.75) is 37.6 Å². The van der Waals surface area contributed by atoms with E-state index in [1.807, 2.05) is 36.4 Å². The van der Waals surface area contributed by atoms with E-state index < -0.39 is 0 Å². The lowest BCUT2D eigenvalue weighted by atomic mass is 9.78. The molecule has 0 unspecified atom stereocenters. The molecule has 3 rings (SSSR count). The number of para-hydroxylation sites is 1. The molecule has 0 bridgehead atoms. The molecule has 1 heterocycles. The normalized spacial score (nSPS) is 15.5. The number of hydrogen-bond acceptors (Lipinski definition) is 3. The summed E-state index contributed by atoms with van der Waals surface area (Å²) in [6.07, 6.45) is 6.24. The van der Waals surface area contributed by atoms with E-state index in [-0.39, 0.29) is 11.4 Å². The Labute approximate surface area is 155 Å². The SMILES string of the molecule is COc1ccccc1C1(CNC(=O)N(C)Cc2ccccn2)CCCC1. The fraction of sp³-hybridized carbons (Fsp3) is 0.429. The number of hydrogen-bond donors (Lipinski definition) is 1. The molecule has 0 aliphatic heterocycles. The molecule has 5 heteroatoms. The molecule has 1 aliphatic rings. The number of nitrogens with zero attached hydrogens (tertiary/aromatic N) is 2. The zero-order valence-corrected chi connectivity index (χ0v) is 15.6. The molecule has 26 heavy (non-hydrogen) atoms. The Hall–Kier alpha value is -2.56. The van der Waals surface area contributed by atoms with Gasteiger partial charge in [-0.25, -0.2) is 4.79 Å². The highest BCUT2D eigenvalue weighted by Gasteiger charge is 2.38. The summed E-state index contributed by atoms with van der Waals surface area (Å²) in [7, 11) is 3.51. The molecule has 1 aromatic heterocycles. The van der Waals surface area contributed by atoms with E-state index in [0.29, 0.717) is 13.1 Å². The third-order valence-corrected chi connectivity index (χ3v) is 5.29. The van der Waals surface area contributed by atoms with Gasteiger partial charge in [0.1, 0.15) is 5.75 Å². The number of pyridine rings is 1. The van der Waals surface area contributed by atoms with Crippen molar-refractivity contribution >= 4 is 6.03 Å². The number of benzene rings is 1. The number of carbonyl (C=O) groups is 1. The highest BCUT2D eigenvalue weighted by Crippen LogP contribution is 2.44. The molecular formula is C21H27N3O2. The second-order valence-corrected chi connectivity index (χ2v) is 7.02. The van der Waals surface area contributed by atoms with Crippen LogP contribution in [-0.2, 0) is 12.0 Å². The average molecular weight is 353 g/mol. The molecule has 0 radical (unpaired) electrons. The number of methoxy groups -OCH3 is 1. The summed E-state index contributed by atoms with van der Waals surface area (Å²) in [5, 5.41) is 3.14. The molecule has 138 valence electrons. The minimum Gasteiger partial charge on any atom is -0.496 e. The van der Waals surface area contributed by atoms with Gasteiger partial charge in [0.2, 0.25) is 0 Å². The van der Waals surface area contributed by atoms with Crippen molar-refractivity contribution in [2.75, 3.05) is 20.7 Å². The number of carbonyl (C=O) groups excluding carboxylic acids is 1. The maximum Gasteiger partial charge on any atom is 0.317 e. The van der Waals surface area contributed by atoms with Crippen LogP contribution in [0.4, 0.5) is 4.79 Å². The molecule has 1 aliphatic carbocycles. The molecule has 1 saturated carbocycles. The van der Waals surface area contributed by atoms with Crippen LogP contribution < -0.4 is 10.1 Å². The molecule has 0 atom stereocenters. The third-order valence-electron chi connectivity index (χ3n) is 5.29.